The van der Waals surface area contributed by atoms with Crippen molar-refractivity contribution in [3.63, 3.8) is 0 Å². The van der Waals surface area contributed by atoms with Gasteiger partial charge in [-0.3, -0.25) is 9.48 Å². The predicted octanol–water partition coefficient (Wildman–Crippen LogP) is 2.41. The van der Waals surface area contributed by atoms with Gasteiger partial charge in [0, 0.05) is 6.54 Å². The number of hydrogen-bond donors (Lipinski definition) is 1. The molecule has 7 heteroatoms. The third-order valence-electron chi connectivity index (χ3n) is 2.58. The van der Waals surface area contributed by atoms with Crippen LogP contribution >= 0.6 is 11.6 Å². The van der Waals surface area contributed by atoms with E-state index in [1.165, 1.54) is 10.9 Å². The molecule has 0 unspecified atom stereocenters. The van der Waals surface area contributed by atoms with Crippen LogP contribution in [0.25, 0.3) is 0 Å². The van der Waals surface area contributed by atoms with Gasteiger partial charge >= 0.3 is 0 Å². The molecular weight excluding hydrogens is 256 g/mol. The molecule has 0 bridgehead atoms. The highest BCUT2D eigenvalue weighted by Crippen LogP contribution is 2.22. The maximum Gasteiger partial charge on any atom is 0.275 e. The van der Waals surface area contributed by atoms with Crippen LogP contribution in [-0.4, -0.2) is 20.8 Å². The molecule has 1 amide bonds. The maximum absolute atomic E-state index is 12.2. The first-order valence-electron chi connectivity index (χ1n) is 5.50. The van der Waals surface area contributed by atoms with Crippen LogP contribution < -0.4 is 5.32 Å². The van der Waals surface area contributed by atoms with Crippen molar-refractivity contribution >= 4 is 23.2 Å². The number of carbonyl (C=O) groups excluding carboxylic acids is 1. The van der Waals surface area contributed by atoms with E-state index in [-0.39, 0.29) is 5.91 Å². The number of nitrogens with zero attached hydrogens (tertiary/aromatic N) is 3. The van der Waals surface area contributed by atoms with Gasteiger partial charge in [0.15, 0.2) is 5.76 Å². The summed E-state index contributed by atoms with van der Waals surface area (Å²) in [6.07, 6.45) is 1.45. The minimum absolute atomic E-state index is 0.320. The summed E-state index contributed by atoms with van der Waals surface area (Å²) in [7, 11) is 0. The Balaban J connectivity index is 2.30. The molecule has 2 heterocycles. The third kappa shape index (κ3) is 2.11. The lowest BCUT2D eigenvalue weighted by molar-refractivity contribution is 0.101. The average Bonchev–Trinajstić information content (AvgIpc) is 2.86. The lowest BCUT2D eigenvalue weighted by Gasteiger charge is -2.06. The second-order valence-electron chi connectivity index (χ2n) is 3.81. The Bertz CT molecular complexity index is 568. The van der Waals surface area contributed by atoms with Crippen LogP contribution in [0.5, 0.6) is 0 Å². The van der Waals surface area contributed by atoms with Gasteiger partial charge in [0.25, 0.3) is 5.91 Å². The number of rotatable bonds is 3. The van der Waals surface area contributed by atoms with Crippen molar-refractivity contribution in [2.24, 2.45) is 0 Å². The predicted molar refractivity (Wildman–Crippen MR) is 66.8 cm³/mol. The largest absolute Gasteiger partial charge is 0.359 e. The number of aryl methyl sites for hydroxylation is 3. The van der Waals surface area contributed by atoms with E-state index >= 15 is 0 Å². The summed E-state index contributed by atoms with van der Waals surface area (Å²) in [6.45, 7) is 5.94. The fourth-order valence-corrected chi connectivity index (χ4v) is 1.89. The van der Waals surface area contributed by atoms with Gasteiger partial charge in [-0.25, -0.2) is 0 Å². The summed E-state index contributed by atoms with van der Waals surface area (Å²) in [6, 6.07) is 0. The molecule has 0 aliphatic carbocycles. The zero-order valence-corrected chi connectivity index (χ0v) is 11.1. The van der Waals surface area contributed by atoms with Gasteiger partial charge in [-0.15, -0.1) is 0 Å². The summed E-state index contributed by atoms with van der Waals surface area (Å²) in [4.78, 5) is 12.2. The molecule has 2 aromatic heterocycles. The Hall–Kier alpha value is -1.82. The molecule has 6 nitrogen and oxygen atoms in total. The molecule has 0 fully saturated rings. The Morgan fingerprint density at radius 2 is 2.28 bits per heavy atom. The van der Waals surface area contributed by atoms with Crippen LogP contribution in [0.3, 0.4) is 0 Å². The molecule has 0 aliphatic rings. The number of carbonyl (C=O) groups is 1. The van der Waals surface area contributed by atoms with Crippen LogP contribution in [0.15, 0.2) is 10.7 Å². The molecule has 0 atom stereocenters. The first-order valence-corrected chi connectivity index (χ1v) is 5.88. The molecule has 96 valence electrons. The SMILES string of the molecule is CCn1ncc(Cl)c1C(=O)Nc1c(C)noc1C. The Kier molecular flexibility index (Phi) is 3.38. The highest BCUT2D eigenvalue weighted by atomic mass is 35.5. The number of amides is 1. The van der Waals surface area contributed by atoms with Crippen molar-refractivity contribution in [1.82, 2.24) is 14.9 Å². The molecule has 1 N–H and O–H groups in total. The van der Waals surface area contributed by atoms with Crippen LogP contribution in [0, 0.1) is 13.8 Å². The van der Waals surface area contributed by atoms with Gasteiger partial charge in [0.2, 0.25) is 0 Å². The van der Waals surface area contributed by atoms with Gasteiger partial charge in [-0.2, -0.15) is 5.10 Å². The molecule has 2 rings (SSSR count). The van der Waals surface area contributed by atoms with Crippen molar-refractivity contribution in [3.8, 4) is 0 Å². The smallest absolute Gasteiger partial charge is 0.275 e. The highest BCUT2D eigenvalue weighted by Gasteiger charge is 2.19. The Morgan fingerprint density at radius 3 is 2.83 bits per heavy atom. The van der Waals surface area contributed by atoms with Crippen molar-refractivity contribution in [3.05, 3.63) is 28.4 Å². The van der Waals surface area contributed by atoms with E-state index in [1.807, 2.05) is 6.92 Å². The van der Waals surface area contributed by atoms with Gasteiger partial charge in [0.1, 0.15) is 17.1 Å². The van der Waals surface area contributed by atoms with E-state index in [4.69, 9.17) is 16.1 Å². The quantitative estimate of drug-likeness (QED) is 0.928. The van der Waals surface area contributed by atoms with Gasteiger partial charge in [-0.05, 0) is 20.8 Å². The van der Waals surface area contributed by atoms with E-state index in [2.05, 4.69) is 15.6 Å². The van der Waals surface area contributed by atoms with Crippen molar-refractivity contribution in [2.45, 2.75) is 27.3 Å². The summed E-state index contributed by atoms with van der Waals surface area (Å²) < 4.78 is 6.52. The van der Waals surface area contributed by atoms with E-state index in [0.29, 0.717) is 34.4 Å². The number of halogens is 1. The van der Waals surface area contributed by atoms with Gasteiger partial charge in [-0.1, -0.05) is 16.8 Å². The van der Waals surface area contributed by atoms with Crippen molar-refractivity contribution in [1.29, 1.82) is 0 Å². The van der Waals surface area contributed by atoms with Crippen LogP contribution in [0.1, 0.15) is 28.9 Å². The number of nitrogens with one attached hydrogen (secondary N) is 1. The summed E-state index contributed by atoms with van der Waals surface area (Å²) in [5, 5.41) is 10.8. The fourth-order valence-electron chi connectivity index (χ4n) is 1.66. The van der Waals surface area contributed by atoms with Crippen LogP contribution in [0.4, 0.5) is 5.69 Å². The molecule has 18 heavy (non-hydrogen) atoms. The number of hydrogen-bond acceptors (Lipinski definition) is 4. The second kappa shape index (κ2) is 4.81. The first-order chi connectivity index (χ1) is 8.54. The number of anilines is 1. The topological polar surface area (TPSA) is 73.0 Å². The second-order valence-corrected chi connectivity index (χ2v) is 4.22. The Morgan fingerprint density at radius 1 is 1.56 bits per heavy atom. The normalized spacial score (nSPS) is 10.7. The minimum Gasteiger partial charge on any atom is -0.359 e. The number of aromatic nitrogens is 3. The van der Waals surface area contributed by atoms with E-state index in [1.54, 1.807) is 13.8 Å². The van der Waals surface area contributed by atoms with Crippen molar-refractivity contribution < 1.29 is 9.32 Å². The van der Waals surface area contributed by atoms with Gasteiger partial charge in [0.05, 0.1) is 11.2 Å². The molecular formula is C11H13ClN4O2. The average molecular weight is 269 g/mol. The highest BCUT2D eigenvalue weighted by molar-refractivity contribution is 6.34. The molecule has 0 saturated carbocycles. The lowest BCUT2D eigenvalue weighted by Crippen LogP contribution is -2.18. The lowest BCUT2D eigenvalue weighted by atomic mass is 10.3. The molecule has 0 radical (unpaired) electrons. The first kappa shape index (κ1) is 12.6. The van der Waals surface area contributed by atoms with Gasteiger partial charge < -0.3 is 9.84 Å². The van der Waals surface area contributed by atoms with Crippen molar-refractivity contribution in [2.75, 3.05) is 5.32 Å². The van der Waals surface area contributed by atoms with E-state index < -0.39 is 0 Å². The fraction of sp³-hybridized carbons (Fsp3) is 0.364. The van der Waals surface area contributed by atoms with E-state index in [0.717, 1.165) is 0 Å². The monoisotopic (exact) mass is 268 g/mol. The maximum atomic E-state index is 12.2. The van der Waals surface area contributed by atoms with Crippen LogP contribution in [-0.2, 0) is 6.54 Å². The third-order valence-corrected chi connectivity index (χ3v) is 2.86. The summed E-state index contributed by atoms with van der Waals surface area (Å²) in [5.41, 5.74) is 1.53. The molecule has 0 spiro atoms. The summed E-state index contributed by atoms with van der Waals surface area (Å²) >= 11 is 5.96. The summed E-state index contributed by atoms with van der Waals surface area (Å²) in [5.74, 6) is 0.230. The minimum atomic E-state index is -0.325. The molecule has 0 saturated heterocycles. The van der Waals surface area contributed by atoms with E-state index in [9.17, 15) is 4.79 Å². The van der Waals surface area contributed by atoms with Crippen LogP contribution in [0.2, 0.25) is 5.02 Å². The molecule has 0 aromatic carbocycles. The Labute approximate surface area is 109 Å². The zero-order chi connectivity index (χ0) is 13.3. The molecule has 0 aliphatic heterocycles. The molecule has 2 aromatic rings. The standard InChI is InChI=1S/C11H13ClN4O2/c1-4-16-10(8(12)5-13-16)11(17)14-9-6(2)15-18-7(9)3/h5H,4H2,1-3H3,(H,14,17). The zero-order valence-electron chi connectivity index (χ0n) is 10.3.